The van der Waals surface area contributed by atoms with Crippen molar-refractivity contribution in [3.05, 3.63) is 65.6 Å². The predicted molar refractivity (Wildman–Crippen MR) is 138 cm³/mol. The lowest BCUT2D eigenvalue weighted by Crippen LogP contribution is -2.47. The molecule has 1 aromatic carbocycles. The van der Waals surface area contributed by atoms with Crippen LogP contribution in [0.5, 0.6) is 5.75 Å². The first-order chi connectivity index (χ1) is 17.6. The molecule has 0 amide bonds. The minimum Gasteiger partial charge on any atom is -0.491 e. The van der Waals surface area contributed by atoms with Gasteiger partial charge in [-0.3, -0.25) is 4.98 Å². The Kier molecular flexibility index (Phi) is 6.62. The Morgan fingerprint density at radius 1 is 0.946 bits per heavy atom. The number of nitrogens with zero attached hydrogens (tertiary/aromatic N) is 3. The van der Waals surface area contributed by atoms with Gasteiger partial charge in [0.1, 0.15) is 0 Å². The van der Waals surface area contributed by atoms with Crippen LogP contribution >= 0.6 is 0 Å². The number of nitrogens with one attached hydrogen (secondary N) is 1. The zero-order valence-corrected chi connectivity index (χ0v) is 21.5. The highest BCUT2D eigenvalue weighted by atomic mass is 19.4. The molecule has 8 heteroatoms. The predicted octanol–water partition coefficient (Wildman–Crippen LogP) is 7.39. The fraction of sp³-hybridized carbons (Fsp3) is 0.483. The number of anilines is 1. The number of halogens is 3. The molecule has 196 valence electrons. The molecule has 3 aliphatic carbocycles. The van der Waals surface area contributed by atoms with Gasteiger partial charge in [0.2, 0.25) is 0 Å². The summed E-state index contributed by atoms with van der Waals surface area (Å²) in [6.07, 6.45) is 4.14. The van der Waals surface area contributed by atoms with Gasteiger partial charge in [-0.1, -0.05) is 38.1 Å². The van der Waals surface area contributed by atoms with E-state index in [0.29, 0.717) is 23.3 Å². The van der Waals surface area contributed by atoms with Crippen LogP contribution in [0.25, 0.3) is 11.4 Å². The monoisotopic (exact) mass is 510 g/mol. The van der Waals surface area contributed by atoms with Gasteiger partial charge in [0, 0.05) is 29.4 Å². The van der Waals surface area contributed by atoms with Crippen LogP contribution in [0, 0.1) is 5.41 Å². The summed E-state index contributed by atoms with van der Waals surface area (Å²) in [5, 5.41) is 3.57. The first kappa shape index (κ1) is 25.5. The standard InChI is InChI=1S/C29H33F3N4O/c1-19(2)21-6-4-5-7-22(21)25-34-17-23(37-3)26(36-25)35-18-27-10-13-28(14-11-27,15-12-27)24-9-8-20(16-33-24)29(30,31)32/h4-9,16-17,19H,10-15,18H2,1-3H3,(H,34,35,36). The first-order valence-corrected chi connectivity index (χ1v) is 12.9. The maximum absolute atomic E-state index is 13.0. The van der Waals surface area contributed by atoms with Crippen molar-refractivity contribution in [2.24, 2.45) is 5.41 Å². The smallest absolute Gasteiger partial charge is 0.417 e. The molecule has 37 heavy (non-hydrogen) atoms. The second-order valence-electron chi connectivity index (χ2n) is 10.9. The van der Waals surface area contributed by atoms with Gasteiger partial charge in [-0.25, -0.2) is 9.97 Å². The summed E-state index contributed by atoms with van der Waals surface area (Å²) in [4.78, 5) is 13.7. The summed E-state index contributed by atoms with van der Waals surface area (Å²) in [6, 6.07) is 11.0. The van der Waals surface area contributed by atoms with E-state index in [4.69, 9.17) is 9.72 Å². The van der Waals surface area contributed by atoms with E-state index in [1.165, 1.54) is 11.6 Å². The molecule has 2 aromatic heterocycles. The van der Waals surface area contributed by atoms with E-state index in [1.54, 1.807) is 19.4 Å². The maximum atomic E-state index is 13.0. The average Bonchev–Trinajstić information content (AvgIpc) is 2.92. The lowest BCUT2D eigenvalue weighted by molar-refractivity contribution is -0.137. The van der Waals surface area contributed by atoms with Crippen LogP contribution in [0.4, 0.5) is 19.0 Å². The zero-order chi connectivity index (χ0) is 26.3. The van der Waals surface area contributed by atoms with Crippen molar-refractivity contribution < 1.29 is 17.9 Å². The Labute approximate surface area is 215 Å². The number of hydrogen-bond acceptors (Lipinski definition) is 5. The molecule has 1 N–H and O–H groups in total. The molecular formula is C29H33F3N4O. The van der Waals surface area contributed by atoms with E-state index in [1.807, 2.05) is 12.1 Å². The van der Waals surface area contributed by atoms with E-state index in [2.05, 4.69) is 41.3 Å². The molecule has 3 fully saturated rings. The van der Waals surface area contributed by atoms with Crippen molar-refractivity contribution in [1.29, 1.82) is 0 Å². The van der Waals surface area contributed by atoms with Gasteiger partial charge < -0.3 is 10.1 Å². The molecule has 0 unspecified atom stereocenters. The van der Waals surface area contributed by atoms with Crippen LogP contribution in [0.2, 0.25) is 0 Å². The van der Waals surface area contributed by atoms with Crippen LogP contribution in [0.3, 0.4) is 0 Å². The van der Waals surface area contributed by atoms with Gasteiger partial charge in [-0.15, -0.1) is 0 Å². The largest absolute Gasteiger partial charge is 0.491 e. The fourth-order valence-electron chi connectivity index (χ4n) is 6.04. The Balaban J connectivity index is 1.31. The third kappa shape index (κ3) is 4.90. The van der Waals surface area contributed by atoms with Crippen LogP contribution < -0.4 is 10.1 Å². The van der Waals surface area contributed by atoms with Crippen LogP contribution in [0.1, 0.15) is 75.1 Å². The second kappa shape index (κ2) is 9.62. The summed E-state index contributed by atoms with van der Waals surface area (Å²) in [7, 11) is 1.62. The number of pyridine rings is 1. The van der Waals surface area contributed by atoms with Gasteiger partial charge in [-0.2, -0.15) is 13.2 Å². The zero-order valence-electron chi connectivity index (χ0n) is 21.5. The molecule has 5 nitrogen and oxygen atoms in total. The molecule has 0 spiro atoms. The molecule has 3 aliphatic rings. The SMILES string of the molecule is COc1cnc(-c2ccccc2C(C)C)nc1NCC12CCC(c3ccc(C(F)(F)F)cn3)(CC1)CC2. The number of hydrogen-bond donors (Lipinski definition) is 1. The Bertz CT molecular complexity index is 1230. The third-order valence-corrected chi connectivity index (χ3v) is 8.47. The number of benzene rings is 1. The molecule has 0 atom stereocenters. The van der Waals surface area contributed by atoms with Crippen molar-refractivity contribution in [3.8, 4) is 17.1 Å². The summed E-state index contributed by atoms with van der Waals surface area (Å²) in [5.74, 6) is 2.32. The molecule has 0 aliphatic heterocycles. The van der Waals surface area contributed by atoms with Crippen molar-refractivity contribution in [1.82, 2.24) is 15.0 Å². The molecular weight excluding hydrogens is 477 g/mol. The number of methoxy groups -OCH3 is 1. The summed E-state index contributed by atoms with van der Waals surface area (Å²) >= 11 is 0. The maximum Gasteiger partial charge on any atom is 0.417 e. The van der Waals surface area contributed by atoms with Gasteiger partial charge in [0.15, 0.2) is 17.4 Å². The lowest BCUT2D eigenvalue weighted by Gasteiger charge is -2.53. The van der Waals surface area contributed by atoms with Crippen LogP contribution in [0.15, 0.2) is 48.8 Å². The summed E-state index contributed by atoms with van der Waals surface area (Å²) in [5.41, 5.74) is 2.33. The van der Waals surface area contributed by atoms with Gasteiger partial charge in [0.25, 0.3) is 0 Å². The number of alkyl halides is 3. The van der Waals surface area contributed by atoms with Crippen molar-refractivity contribution in [2.75, 3.05) is 19.0 Å². The molecule has 3 saturated carbocycles. The quantitative estimate of drug-likeness (QED) is 0.359. The number of rotatable bonds is 7. The second-order valence-corrected chi connectivity index (χ2v) is 10.9. The highest BCUT2D eigenvalue weighted by Crippen LogP contribution is 2.57. The molecule has 6 rings (SSSR count). The molecule has 0 saturated heterocycles. The summed E-state index contributed by atoms with van der Waals surface area (Å²) in [6.45, 7) is 5.09. The van der Waals surface area contributed by atoms with Gasteiger partial charge in [-0.05, 0) is 67.6 Å². The normalized spacial score (nSPS) is 23.3. The lowest BCUT2D eigenvalue weighted by atomic mass is 9.52. The number of fused-ring (bicyclic) bond motifs is 3. The molecule has 2 bridgehead atoms. The highest BCUT2D eigenvalue weighted by Gasteiger charge is 2.50. The van der Waals surface area contributed by atoms with E-state index < -0.39 is 11.7 Å². The topological polar surface area (TPSA) is 59.9 Å². The molecule has 2 heterocycles. The van der Waals surface area contributed by atoms with Crippen molar-refractivity contribution in [2.45, 2.75) is 69.9 Å². The minimum atomic E-state index is -4.36. The Morgan fingerprint density at radius 3 is 2.24 bits per heavy atom. The molecule has 3 aromatic rings. The van der Waals surface area contributed by atoms with Crippen LogP contribution in [-0.4, -0.2) is 28.6 Å². The van der Waals surface area contributed by atoms with Crippen molar-refractivity contribution in [3.63, 3.8) is 0 Å². The summed E-state index contributed by atoms with van der Waals surface area (Å²) < 4.78 is 44.5. The number of ether oxygens (including phenoxy) is 1. The molecule has 0 radical (unpaired) electrons. The van der Waals surface area contributed by atoms with E-state index >= 15 is 0 Å². The first-order valence-electron chi connectivity index (χ1n) is 12.9. The van der Waals surface area contributed by atoms with Crippen LogP contribution in [-0.2, 0) is 11.6 Å². The average molecular weight is 511 g/mol. The Morgan fingerprint density at radius 2 is 1.65 bits per heavy atom. The van der Waals surface area contributed by atoms with Gasteiger partial charge >= 0.3 is 6.18 Å². The van der Waals surface area contributed by atoms with E-state index in [9.17, 15) is 13.2 Å². The van der Waals surface area contributed by atoms with E-state index in [0.717, 1.165) is 62.5 Å². The third-order valence-electron chi connectivity index (χ3n) is 8.47. The number of aromatic nitrogens is 3. The minimum absolute atomic E-state index is 0.119. The van der Waals surface area contributed by atoms with Gasteiger partial charge in [0.05, 0.1) is 18.9 Å². The fourth-order valence-corrected chi connectivity index (χ4v) is 6.04. The van der Waals surface area contributed by atoms with E-state index in [-0.39, 0.29) is 10.8 Å². The van der Waals surface area contributed by atoms with Crippen molar-refractivity contribution >= 4 is 5.82 Å². The highest BCUT2D eigenvalue weighted by molar-refractivity contribution is 5.64. The Hall–Kier alpha value is -3.16.